The van der Waals surface area contributed by atoms with Crippen molar-refractivity contribution in [3.05, 3.63) is 69.9 Å². The van der Waals surface area contributed by atoms with E-state index in [-0.39, 0.29) is 24.0 Å². The Kier molecular flexibility index (Phi) is 8.91. The van der Waals surface area contributed by atoms with Crippen molar-refractivity contribution in [3.63, 3.8) is 0 Å². The molecule has 6 nitrogen and oxygen atoms in total. The molecule has 0 atom stereocenters. The van der Waals surface area contributed by atoms with E-state index in [9.17, 15) is 0 Å². The van der Waals surface area contributed by atoms with Crippen LogP contribution in [0.15, 0.2) is 53.1 Å². The quantitative estimate of drug-likeness (QED) is 0.287. The van der Waals surface area contributed by atoms with Crippen LogP contribution in [0, 0.1) is 0 Å². The Labute approximate surface area is 187 Å². The first-order valence-corrected chi connectivity index (χ1v) is 9.96. The first-order chi connectivity index (χ1) is 13.2. The van der Waals surface area contributed by atoms with Crippen LogP contribution in [0.3, 0.4) is 0 Å². The number of benzene rings is 1. The topological polar surface area (TPSA) is 67.1 Å². The van der Waals surface area contributed by atoms with E-state index in [0.717, 1.165) is 23.2 Å². The van der Waals surface area contributed by atoms with Gasteiger partial charge >= 0.3 is 0 Å². The van der Waals surface area contributed by atoms with Gasteiger partial charge in [-0.1, -0.05) is 38.1 Å². The predicted molar refractivity (Wildman–Crippen MR) is 126 cm³/mol. The maximum absolute atomic E-state index is 4.65. The third-order valence-corrected chi connectivity index (χ3v) is 5.11. The Bertz CT molecular complexity index is 872. The summed E-state index contributed by atoms with van der Waals surface area (Å²) in [7, 11) is 1.78. The van der Waals surface area contributed by atoms with Gasteiger partial charge in [-0.25, -0.2) is 4.98 Å². The number of hydrogen-bond acceptors (Lipinski definition) is 4. The van der Waals surface area contributed by atoms with E-state index in [2.05, 4.69) is 69.2 Å². The molecule has 0 saturated carbocycles. The fraction of sp³-hybridized carbons (Fsp3) is 0.350. The number of nitrogens with one attached hydrogen (secondary N) is 2. The molecule has 3 rings (SSSR count). The lowest BCUT2D eigenvalue weighted by molar-refractivity contribution is 0.677. The Morgan fingerprint density at radius 2 is 1.89 bits per heavy atom. The largest absolute Gasteiger partial charge is 0.352 e. The summed E-state index contributed by atoms with van der Waals surface area (Å²) < 4.78 is 1.93. The molecule has 3 aromatic rings. The van der Waals surface area contributed by atoms with Crippen LogP contribution in [0.4, 0.5) is 0 Å². The molecule has 0 radical (unpaired) electrons. The molecule has 2 aromatic heterocycles. The van der Waals surface area contributed by atoms with Gasteiger partial charge in [0.15, 0.2) is 5.96 Å². The highest BCUT2D eigenvalue weighted by molar-refractivity contribution is 14.0. The van der Waals surface area contributed by atoms with E-state index >= 15 is 0 Å². The average molecular weight is 510 g/mol. The fourth-order valence-corrected chi connectivity index (χ4v) is 3.58. The maximum Gasteiger partial charge on any atom is 0.191 e. The second kappa shape index (κ2) is 11.2. The Morgan fingerprint density at radius 1 is 1.14 bits per heavy atom. The summed E-state index contributed by atoms with van der Waals surface area (Å²) >= 11 is 1.68. The zero-order chi connectivity index (χ0) is 19.1. The number of thiazole rings is 1. The lowest BCUT2D eigenvalue weighted by atomic mass is 10.1. The second-order valence-electron chi connectivity index (χ2n) is 6.57. The summed E-state index contributed by atoms with van der Waals surface area (Å²) in [4.78, 5) is 8.97. The van der Waals surface area contributed by atoms with Gasteiger partial charge in [0, 0.05) is 31.4 Å². The van der Waals surface area contributed by atoms with E-state index in [1.54, 1.807) is 24.6 Å². The Hall–Kier alpha value is -1.94. The molecular formula is C20H27IN6S. The van der Waals surface area contributed by atoms with Gasteiger partial charge in [0.05, 0.1) is 18.8 Å². The van der Waals surface area contributed by atoms with Crippen LogP contribution >= 0.6 is 35.3 Å². The highest BCUT2D eigenvalue weighted by Gasteiger charge is 2.07. The molecule has 0 aliphatic carbocycles. The molecule has 0 fully saturated rings. The van der Waals surface area contributed by atoms with Gasteiger partial charge in [0.25, 0.3) is 0 Å². The molecule has 0 saturated heterocycles. The van der Waals surface area contributed by atoms with Gasteiger partial charge in [-0.3, -0.25) is 9.67 Å². The number of rotatable bonds is 7. The third kappa shape index (κ3) is 6.30. The first kappa shape index (κ1) is 22.4. The highest BCUT2D eigenvalue weighted by atomic mass is 127. The average Bonchev–Trinajstić information content (AvgIpc) is 3.35. The second-order valence-corrected chi connectivity index (χ2v) is 7.52. The zero-order valence-electron chi connectivity index (χ0n) is 16.4. The molecular weight excluding hydrogens is 483 g/mol. The van der Waals surface area contributed by atoms with Crippen LogP contribution in [0.5, 0.6) is 0 Å². The number of aromatic nitrogens is 3. The molecule has 0 aliphatic rings. The lowest BCUT2D eigenvalue weighted by Crippen LogP contribution is -2.36. The molecule has 28 heavy (non-hydrogen) atoms. The van der Waals surface area contributed by atoms with Crippen LogP contribution in [0.1, 0.15) is 41.6 Å². The van der Waals surface area contributed by atoms with Gasteiger partial charge in [0.2, 0.25) is 0 Å². The van der Waals surface area contributed by atoms with E-state index in [1.165, 1.54) is 11.1 Å². The molecule has 150 valence electrons. The SMILES string of the molecule is CN=C(NCc1nc(C(C)C)cs1)NCc1ccccc1Cn1cccn1.I. The summed E-state index contributed by atoms with van der Waals surface area (Å²) in [6.07, 6.45) is 3.78. The third-order valence-electron chi connectivity index (χ3n) is 4.25. The van der Waals surface area contributed by atoms with Gasteiger partial charge in [-0.05, 0) is 23.1 Å². The number of halogens is 1. The molecule has 0 amide bonds. The normalized spacial score (nSPS) is 11.4. The van der Waals surface area contributed by atoms with Crippen molar-refractivity contribution in [2.75, 3.05) is 7.05 Å². The predicted octanol–water partition coefficient (Wildman–Crippen LogP) is 3.99. The summed E-state index contributed by atoms with van der Waals surface area (Å²) in [5, 5.41) is 14.2. The number of hydrogen-bond donors (Lipinski definition) is 2. The van der Waals surface area contributed by atoms with E-state index in [0.29, 0.717) is 19.0 Å². The van der Waals surface area contributed by atoms with Crippen molar-refractivity contribution in [2.45, 2.75) is 39.4 Å². The van der Waals surface area contributed by atoms with Crippen LogP contribution in [-0.4, -0.2) is 27.8 Å². The van der Waals surface area contributed by atoms with Gasteiger partial charge in [0.1, 0.15) is 5.01 Å². The molecule has 0 aliphatic heterocycles. The highest BCUT2D eigenvalue weighted by Crippen LogP contribution is 2.17. The van der Waals surface area contributed by atoms with E-state index in [4.69, 9.17) is 0 Å². The fourth-order valence-electron chi connectivity index (χ4n) is 2.68. The minimum absolute atomic E-state index is 0. The van der Waals surface area contributed by atoms with E-state index in [1.807, 2.05) is 16.9 Å². The van der Waals surface area contributed by atoms with Crippen LogP contribution in [0.2, 0.25) is 0 Å². The van der Waals surface area contributed by atoms with Crippen molar-refractivity contribution in [3.8, 4) is 0 Å². The van der Waals surface area contributed by atoms with Crippen molar-refractivity contribution < 1.29 is 0 Å². The minimum atomic E-state index is 0. The van der Waals surface area contributed by atoms with Crippen molar-refractivity contribution >= 4 is 41.3 Å². The monoisotopic (exact) mass is 510 g/mol. The van der Waals surface area contributed by atoms with Crippen LogP contribution in [-0.2, 0) is 19.6 Å². The number of nitrogens with zero attached hydrogens (tertiary/aromatic N) is 4. The molecule has 2 heterocycles. The van der Waals surface area contributed by atoms with Crippen molar-refractivity contribution in [2.24, 2.45) is 4.99 Å². The van der Waals surface area contributed by atoms with Crippen molar-refractivity contribution in [1.82, 2.24) is 25.4 Å². The molecule has 1 aromatic carbocycles. The van der Waals surface area contributed by atoms with Gasteiger partial charge < -0.3 is 10.6 Å². The minimum Gasteiger partial charge on any atom is -0.352 e. The van der Waals surface area contributed by atoms with Crippen LogP contribution < -0.4 is 10.6 Å². The molecule has 2 N–H and O–H groups in total. The first-order valence-electron chi connectivity index (χ1n) is 9.08. The van der Waals surface area contributed by atoms with Crippen molar-refractivity contribution in [1.29, 1.82) is 0 Å². The number of aliphatic imine (C=N–C) groups is 1. The standard InChI is InChI=1S/C20H26N6S.HI/c1-15(2)18-14-27-19(25-18)12-23-20(21-3)22-11-16-7-4-5-8-17(16)13-26-10-6-9-24-26;/h4-10,14-15H,11-13H2,1-3H3,(H2,21,22,23);1H. The van der Waals surface area contributed by atoms with Gasteiger partial charge in [-0.15, -0.1) is 35.3 Å². The smallest absolute Gasteiger partial charge is 0.191 e. The molecule has 0 spiro atoms. The summed E-state index contributed by atoms with van der Waals surface area (Å²) in [6.45, 7) is 6.45. The molecule has 8 heteroatoms. The van der Waals surface area contributed by atoms with Crippen LogP contribution in [0.25, 0.3) is 0 Å². The van der Waals surface area contributed by atoms with E-state index < -0.39 is 0 Å². The lowest BCUT2D eigenvalue weighted by Gasteiger charge is -2.14. The Balaban J connectivity index is 0.00000280. The Morgan fingerprint density at radius 3 is 2.54 bits per heavy atom. The summed E-state index contributed by atoms with van der Waals surface area (Å²) in [5.41, 5.74) is 3.62. The summed E-state index contributed by atoms with van der Waals surface area (Å²) in [5.74, 6) is 1.23. The zero-order valence-corrected chi connectivity index (χ0v) is 19.6. The maximum atomic E-state index is 4.65. The van der Waals surface area contributed by atoms with Gasteiger partial charge in [-0.2, -0.15) is 5.10 Å². The number of guanidine groups is 1. The summed E-state index contributed by atoms with van der Waals surface area (Å²) in [6, 6.07) is 10.3. The molecule has 0 unspecified atom stereocenters. The molecule has 0 bridgehead atoms.